The van der Waals surface area contributed by atoms with Crippen LogP contribution >= 0.6 is 15.9 Å². The maximum absolute atomic E-state index is 5.95. The van der Waals surface area contributed by atoms with E-state index >= 15 is 0 Å². The first kappa shape index (κ1) is 15.1. The van der Waals surface area contributed by atoms with E-state index in [0.717, 1.165) is 34.6 Å². The summed E-state index contributed by atoms with van der Waals surface area (Å²) in [6, 6.07) is 6.52. The van der Waals surface area contributed by atoms with Gasteiger partial charge in [0.25, 0.3) is 0 Å². The highest BCUT2D eigenvalue weighted by Crippen LogP contribution is 2.28. The minimum absolute atomic E-state index is 0.439. The van der Waals surface area contributed by atoms with Crippen LogP contribution in [0.1, 0.15) is 26.3 Å². The normalized spacial score (nSPS) is 11.1. The highest BCUT2D eigenvalue weighted by molar-refractivity contribution is 9.10. The standard InChI is InChI=1S/C15H20BrN3O/c1-4-19-10-14(9-18-19)20-15-7-13(16)6-5-12(15)8-17-11(2)3/h5-7,9-11,17H,4,8H2,1-3H3. The molecule has 0 radical (unpaired) electrons. The van der Waals surface area contributed by atoms with Gasteiger partial charge in [-0.25, -0.2) is 0 Å². The fourth-order valence-corrected chi connectivity index (χ4v) is 2.12. The molecule has 0 aliphatic carbocycles. The zero-order chi connectivity index (χ0) is 14.5. The van der Waals surface area contributed by atoms with E-state index in [0.29, 0.717) is 6.04 Å². The average Bonchev–Trinajstić information content (AvgIpc) is 2.85. The van der Waals surface area contributed by atoms with Gasteiger partial charge in [-0.05, 0) is 19.1 Å². The summed E-state index contributed by atoms with van der Waals surface area (Å²) in [4.78, 5) is 0. The Morgan fingerprint density at radius 2 is 2.20 bits per heavy atom. The van der Waals surface area contributed by atoms with Gasteiger partial charge in [-0.1, -0.05) is 35.8 Å². The molecule has 1 heterocycles. The number of benzene rings is 1. The molecular formula is C15H20BrN3O. The van der Waals surface area contributed by atoms with Crippen molar-refractivity contribution >= 4 is 15.9 Å². The zero-order valence-electron chi connectivity index (χ0n) is 12.1. The van der Waals surface area contributed by atoms with Crippen molar-refractivity contribution in [2.45, 2.75) is 39.9 Å². The quantitative estimate of drug-likeness (QED) is 0.867. The second-order valence-electron chi connectivity index (χ2n) is 4.92. The molecule has 1 N–H and O–H groups in total. The maximum Gasteiger partial charge on any atom is 0.165 e. The van der Waals surface area contributed by atoms with Gasteiger partial charge in [-0.15, -0.1) is 0 Å². The lowest BCUT2D eigenvalue weighted by Crippen LogP contribution is -2.22. The molecule has 0 bridgehead atoms. The number of nitrogens with zero attached hydrogens (tertiary/aromatic N) is 2. The SMILES string of the molecule is CCn1cc(Oc2cc(Br)ccc2CNC(C)C)cn1. The van der Waals surface area contributed by atoms with Crippen molar-refractivity contribution in [2.75, 3.05) is 0 Å². The van der Waals surface area contributed by atoms with Crippen molar-refractivity contribution in [2.24, 2.45) is 0 Å². The van der Waals surface area contributed by atoms with Gasteiger partial charge < -0.3 is 10.1 Å². The number of hydrogen-bond donors (Lipinski definition) is 1. The molecular weight excluding hydrogens is 318 g/mol. The molecule has 0 spiro atoms. The molecule has 0 amide bonds. The van der Waals surface area contributed by atoms with E-state index in [9.17, 15) is 0 Å². The second kappa shape index (κ2) is 6.90. The van der Waals surface area contributed by atoms with Crippen LogP contribution in [0, 0.1) is 0 Å². The van der Waals surface area contributed by atoms with Gasteiger partial charge in [-0.3, -0.25) is 4.68 Å². The Balaban J connectivity index is 2.17. The molecule has 0 saturated carbocycles. The van der Waals surface area contributed by atoms with Gasteiger partial charge >= 0.3 is 0 Å². The maximum atomic E-state index is 5.95. The summed E-state index contributed by atoms with van der Waals surface area (Å²) in [6.45, 7) is 7.93. The number of nitrogens with one attached hydrogen (secondary N) is 1. The van der Waals surface area contributed by atoms with Gasteiger partial charge in [0.15, 0.2) is 5.75 Å². The van der Waals surface area contributed by atoms with E-state index in [1.54, 1.807) is 6.20 Å². The molecule has 108 valence electrons. The molecule has 20 heavy (non-hydrogen) atoms. The van der Waals surface area contributed by atoms with Crippen molar-refractivity contribution in [3.63, 3.8) is 0 Å². The Kier molecular flexibility index (Phi) is 5.20. The zero-order valence-corrected chi connectivity index (χ0v) is 13.6. The first-order valence-electron chi connectivity index (χ1n) is 6.80. The van der Waals surface area contributed by atoms with Crippen LogP contribution in [0.2, 0.25) is 0 Å². The Bertz CT molecular complexity index is 566. The number of ether oxygens (including phenoxy) is 1. The van der Waals surface area contributed by atoms with Gasteiger partial charge in [0.2, 0.25) is 0 Å². The summed E-state index contributed by atoms with van der Waals surface area (Å²) in [5.74, 6) is 1.61. The molecule has 4 nitrogen and oxygen atoms in total. The fourth-order valence-electron chi connectivity index (χ4n) is 1.78. The predicted molar refractivity (Wildman–Crippen MR) is 84.1 cm³/mol. The van der Waals surface area contributed by atoms with Crippen LogP contribution in [0.5, 0.6) is 11.5 Å². The molecule has 0 saturated heterocycles. The average molecular weight is 338 g/mol. The van der Waals surface area contributed by atoms with Crippen LogP contribution in [0.4, 0.5) is 0 Å². The first-order valence-corrected chi connectivity index (χ1v) is 7.60. The molecule has 0 aliphatic heterocycles. The van der Waals surface area contributed by atoms with E-state index in [2.05, 4.69) is 46.3 Å². The molecule has 0 aliphatic rings. The number of rotatable bonds is 6. The lowest BCUT2D eigenvalue weighted by Gasteiger charge is -2.13. The van der Waals surface area contributed by atoms with E-state index < -0.39 is 0 Å². The van der Waals surface area contributed by atoms with Crippen molar-refractivity contribution < 1.29 is 4.74 Å². The number of aryl methyl sites for hydroxylation is 1. The third-order valence-corrected chi connectivity index (χ3v) is 3.38. The fraction of sp³-hybridized carbons (Fsp3) is 0.400. The van der Waals surface area contributed by atoms with Crippen LogP contribution in [-0.4, -0.2) is 15.8 Å². The Hall–Kier alpha value is -1.33. The van der Waals surface area contributed by atoms with Crippen LogP contribution in [-0.2, 0) is 13.1 Å². The molecule has 0 atom stereocenters. The van der Waals surface area contributed by atoms with Gasteiger partial charge in [0.1, 0.15) is 5.75 Å². The van der Waals surface area contributed by atoms with Crippen LogP contribution in [0.25, 0.3) is 0 Å². The summed E-state index contributed by atoms with van der Waals surface area (Å²) in [6.07, 6.45) is 3.64. The summed E-state index contributed by atoms with van der Waals surface area (Å²) < 4.78 is 8.80. The van der Waals surface area contributed by atoms with Gasteiger partial charge in [0.05, 0.1) is 12.4 Å². The van der Waals surface area contributed by atoms with Gasteiger partial charge in [0, 0.05) is 29.2 Å². The van der Waals surface area contributed by atoms with E-state index in [4.69, 9.17) is 4.74 Å². The van der Waals surface area contributed by atoms with Gasteiger partial charge in [-0.2, -0.15) is 5.10 Å². The Morgan fingerprint density at radius 3 is 2.85 bits per heavy atom. The number of halogens is 1. The lowest BCUT2D eigenvalue weighted by atomic mass is 10.2. The summed E-state index contributed by atoms with van der Waals surface area (Å²) in [7, 11) is 0. The van der Waals surface area contributed by atoms with Crippen molar-refractivity contribution in [3.05, 3.63) is 40.6 Å². The van der Waals surface area contributed by atoms with Crippen LogP contribution < -0.4 is 10.1 Å². The Labute approximate surface area is 128 Å². The van der Waals surface area contributed by atoms with E-state index in [1.165, 1.54) is 0 Å². The predicted octanol–water partition coefficient (Wildman–Crippen LogP) is 3.96. The second-order valence-corrected chi connectivity index (χ2v) is 5.84. The molecule has 1 aromatic carbocycles. The van der Waals surface area contributed by atoms with E-state index in [1.807, 2.05) is 29.9 Å². The minimum atomic E-state index is 0.439. The van der Waals surface area contributed by atoms with Crippen molar-refractivity contribution in [1.82, 2.24) is 15.1 Å². The topological polar surface area (TPSA) is 39.1 Å². The monoisotopic (exact) mass is 337 g/mol. The van der Waals surface area contributed by atoms with Crippen molar-refractivity contribution in [3.8, 4) is 11.5 Å². The van der Waals surface area contributed by atoms with Crippen molar-refractivity contribution in [1.29, 1.82) is 0 Å². The number of hydrogen-bond acceptors (Lipinski definition) is 3. The summed E-state index contributed by atoms with van der Waals surface area (Å²) in [5.41, 5.74) is 1.13. The molecule has 0 unspecified atom stereocenters. The highest BCUT2D eigenvalue weighted by atomic mass is 79.9. The molecule has 0 fully saturated rings. The smallest absolute Gasteiger partial charge is 0.165 e. The first-order chi connectivity index (χ1) is 9.58. The molecule has 2 aromatic rings. The Morgan fingerprint density at radius 1 is 1.40 bits per heavy atom. The summed E-state index contributed by atoms with van der Waals surface area (Å²) >= 11 is 3.49. The molecule has 1 aromatic heterocycles. The van der Waals surface area contributed by atoms with Crippen LogP contribution in [0.3, 0.4) is 0 Å². The minimum Gasteiger partial charge on any atom is -0.454 e. The highest BCUT2D eigenvalue weighted by Gasteiger charge is 2.08. The van der Waals surface area contributed by atoms with E-state index in [-0.39, 0.29) is 0 Å². The largest absolute Gasteiger partial charge is 0.454 e. The summed E-state index contributed by atoms with van der Waals surface area (Å²) in [5, 5.41) is 7.63. The molecule has 5 heteroatoms. The lowest BCUT2D eigenvalue weighted by molar-refractivity contribution is 0.468. The van der Waals surface area contributed by atoms with Crippen LogP contribution in [0.15, 0.2) is 35.1 Å². The third-order valence-electron chi connectivity index (χ3n) is 2.89. The number of aromatic nitrogens is 2. The molecule has 2 rings (SSSR count). The third kappa shape index (κ3) is 4.08.